The minimum absolute atomic E-state index is 0.139. The van der Waals surface area contributed by atoms with Crippen molar-refractivity contribution in [1.82, 2.24) is 19.8 Å². The number of amides is 1. The van der Waals surface area contributed by atoms with Crippen LogP contribution in [0.5, 0.6) is 0 Å². The maximum atomic E-state index is 12.3. The van der Waals surface area contributed by atoms with E-state index in [0.29, 0.717) is 18.2 Å². The Kier molecular flexibility index (Phi) is 4.43. The van der Waals surface area contributed by atoms with E-state index >= 15 is 0 Å². The summed E-state index contributed by atoms with van der Waals surface area (Å²) >= 11 is 3.37. The van der Waals surface area contributed by atoms with Gasteiger partial charge < -0.3 is 5.32 Å². The van der Waals surface area contributed by atoms with Crippen molar-refractivity contribution in [3.63, 3.8) is 0 Å². The average molecular weight is 362 g/mol. The first-order valence-electron chi connectivity index (χ1n) is 8.01. The molecule has 2 aliphatic heterocycles. The molecule has 24 heavy (non-hydrogen) atoms. The first kappa shape index (κ1) is 15.9. The number of fused-ring (bicyclic) bond motifs is 2. The predicted octanol–water partition coefficient (Wildman–Crippen LogP) is 1.20. The van der Waals surface area contributed by atoms with Gasteiger partial charge in [-0.05, 0) is 23.4 Å². The molecule has 6 nitrogen and oxygen atoms in total. The van der Waals surface area contributed by atoms with Crippen molar-refractivity contribution in [2.75, 3.05) is 25.4 Å². The first-order valence-corrected chi connectivity index (χ1v) is 9.87. The molecule has 0 aliphatic carbocycles. The molecule has 0 unspecified atom stereocenters. The van der Waals surface area contributed by atoms with E-state index in [4.69, 9.17) is 0 Å². The van der Waals surface area contributed by atoms with Gasteiger partial charge in [0.2, 0.25) is 0 Å². The van der Waals surface area contributed by atoms with Gasteiger partial charge in [0, 0.05) is 49.6 Å². The summed E-state index contributed by atoms with van der Waals surface area (Å²) in [5.41, 5.74) is 1.31. The second kappa shape index (κ2) is 6.70. The molecule has 126 valence electrons. The van der Waals surface area contributed by atoms with Gasteiger partial charge >= 0.3 is 0 Å². The van der Waals surface area contributed by atoms with Crippen molar-refractivity contribution in [2.24, 2.45) is 0 Å². The van der Waals surface area contributed by atoms with Crippen LogP contribution in [0, 0.1) is 0 Å². The number of nitrogens with zero attached hydrogens (tertiary/aromatic N) is 3. The van der Waals surface area contributed by atoms with Crippen LogP contribution in [0.1, 0.15) is 20.8 Å². The summed E-state index contributed by atoms with van der Waals surface area (Å²) in [6.07, 6.45) is 2.48. The van der Waals surface area contributed by atoms with E-state index in [1.165, 1.54) is 16.6 Å². The van der Waals surface area contributed by atoms with Gasteiger partial charge in [-0.3, -0.25) is 19.1 Å². The number of hydrogen-bond donors (Lipinski definition) is 1. The Hall–Kier alpha value is -1.64. The number of aromatic nitrogens is 2. The monoisotopic (exact) mass is 362 g/mol. The zero-order valence-electron chi connectivity index (χ0n) is 13.2. The van der Waals surface area contributed by atoms with Crippen molar-refractivity contribution >= 4 is 29.0 Å². The summed E-state index contributed by atoms with van der Waals surface area (Å²) in [6, 6.07) is 2.18. The third kappa shape index (κ3) is 3.01. The lowest BCUT2D eigenvalue weighted by Gasteiger charge is -2.26. The predicted molar refractivity (Wildman–Crippen MR) is 94.9 cm³/mol. The number of thiophene rings is 1. The Morgan fingerprint density at radius 1 is 1.38 bits per heavy atom. The van der Waals surface area contributed by atoms with Gasteiger partial charge in [0.25, 0.3) is 11.5 Å². The van der Waals surface area contributed by atoms with E-state index in [1.807, 2.05) is 11.3 Å². The molecule has 2 aliphatic rings. The molecule has 0 radical (unpaired) electrons. The number of hydrogen-bond acceptors (Lipinski definition) is 6. The molecule has 2 aromatic rings. The largest absolute Gasteiger partial charge is 0.351 e. The SMILES string of the molecule is O=C(NCCN1CCc2sccc2C1)c1cnc2n(c1=O)CCS2. The van der Waals surface area contributed by atoms with Crippen LogP contribution in [0.15, 0.2) is 27.6 Å². The van der Waals surface area contributed by atoms with Crippen molar-refractivity contribution in [2.45, 2.75) is 24.7 Å². The molecule has 8 heteroatoms. The highest BCUT2D eigenvalue weighted by molar-refractivity contribution is 7.99. The third-order valence-electron chi connectivity index (χ3n) is 4.40. The standard InChI is InChI=1S/C16H18N4O2S2/c21-14(12-9-18-16-20(15(12)22)6-8-24-16)17-3-5-19-4-1-13-11(10-19)2-7-23-13/h2,7,9H,1,3-6,8,10H2,(H,17,21). The van der Waals surface area contributed by atoms with Crippen LogP contribution in [0.4, 0.5) is 0 Å². The lowest BCUT2D eigenvalue weighted by atomic mass is 10.1. The van der Waals surface area contributed by atoms with Gasteiger partial charge in [-0.1, -0.05) is 11.8 Å². The van der Waals surface area contributed by atoms with E-state index in [-0.39, 0.29) is 17.0 Å². The molecule has 4 heterocycles. The molecule has 4 rings (SSSR count). The Morgan fingerprint density at radius 2 is 2.29 bits per heavy atom. The Balaban J connectivity index is 1.34. The third-order valence-corrected chi connectivity index (χ3v) is 6.40. The fraction of sp³-hybridized carbons (Fsp3) is 0.438. The quantitative estimate of drug-likeness (QED) is 0.828. The zero-order chi connectivity index (χ0) is 16.5. The number of nitrogens with one attached hydrogen (secondary N) is 1. The summed E-state index contributed by atoms with van der Waals surface area (Å²) in [5.74, 6) is 0.514. The van der Waals surface area contributed by atoms with Gasteiger partial charge in [-0.25, -0.2) is 4.98 Å². The smallest absolute Gasteiger partial charge is 0.267 e. The highest BCUT2D eigenvalue weighted by atomic mass is 32.2. The number of thioether (sulfide) groups is 1. The molecule has 0 saturated heterocycles. The normalized spacial score (nSPS) is 16.7. The fourth-order valence-corrected chi connectivity index (χ4v) is 4.90. The zero-order valence-corrected chi connectivity index (χ0v) is 14.8. The van der Waals surface area contributed by atoms with Crippen molar-refractivity contribution in [3.05, 3.63) is 44.0 Å². The summed E-state index contributed by atoms with van der Waals surface area (Å²) in [6.45, 7) is 3.91. The van der Waals surface area contributed by atoms with Crippen molar-refractivity contribution in [1.29, 1.82) is 0 Å². The lowest BCUT2D eigenvalue weighted by Crippen LogP contribution is -2.39. The van der Waals surface area contributed by atoms with E-state index in [1.54, 1.807) is 16.3 Å². The molecule has 0 fully saturated rings. The molecule has 0 bridgehead atoms. The van der Waals surface area contributed by atoms with Crippen molar-refractivity contribution < 1.29 is 4.79 Å². The minimum Gasteiger partial charge on any atom is -0.351 e. The number of carbonyl (C=O) groups excluding carboxylic acids is 1. The highest BCUT2D eigenvalue weighted by Crippen LogP contribution is 2.23. The van der Waals surface area contributed by atoms with E-state index in [0.717, 1.165) is 31.8 Å². The molecule has 1 N–H and O–H groups in total. The molecular formula is C16H18N4O2S2. The Bertz CT molecular complexity index is 830. The van der Waals surface area contributed by atoms with Gasteiger partial charge in [0.15, 0.2) is 5.16 Å². The van der Waals surface area contributed by atoms with Crippen LogP contribution < -0.4 is 10.9 Å². The minimum atomic E-state index is -0.326. The first-order chi connectivity index (χ1) is 11.7. The average Bonchev–Trinajstić information content (AvgIpc) is 3.23. The second-order valence-corrected chi connectivity index (χ2v) is 7.97. The van der Waals surface area contributed by atoms with Gasteiger partial charge in [-0.2, -0.15) is 0 Å². The fourth-order valence-electron chi connectivity index (χ4n) is 3.09. The van der Waals surface area contributed by atoms with Crippen molar-refractivity contribution in [3.8, 4) is 0 Å². The molecule has 0 atom stereocenters. The molecule has 0 aromatic carbocycles. The van der Waals surface area contributed by atoms with Crippen LogP contribution in [-0.2, 0) is 19.5 Å². The topological polar surface area (TPSA) is 67.2 Å². The maximum absolute atomic E-state index is 12.3. The van der Waals surface area contributed by atoms with Crippen LogP contribution in [0.25, 0.3) is 0 Å². The van der Waals surface area contributed by atoms with E-state index in [9.17, 15) is 9.59 Å². The molecule has 0 saturated carbocycles. The van der Waals surface area contributed by atoms with Gasteiger partial charge in [0.05, 0.1) is 0 Å². The van der Waals surface area contributed by atoms with Gasteiger partial charge in [0.1, 0.15) is 5.56 Å². The Labute approximate surface area is 147 Å². The number of rotatable bonds is 4. The van der Waals surface area contributed by atoms with Crippen LogP contribution in [0.3, 0.4) is 0 Å². The lowest BCUT2D eigenvalue weighted by molar-refractivity contribution is 0.0944. The summed E-state index contributed by atoms with van der Waals surface area (Å²) in [4.78, 5) is 32.6. The highest BCUT2D eigenvalue weighted by Gasteiger charge is 2.20. The van der Waals surface area contributed by atoms with Crippen LogP contribution in [0.2, 0.25) is 0 Å². The summed E-state index contributed by atoms with van der Waals surface area (Å²) in [7, 11) is 0. The molecule has 1 amide bonds. The maximum Gasteiger partial charge on any atom is 0.267 e. The summed E-state index contributed by atoms with van der Waals surface area (Å²) in [5, 5.41) is 5.70. The van der Waals surface area contributed by atoms with Crippen LogP contribution >= 0.6 is 23.1 Å². The van der Waals surface area contributed by atoms with Crippen LogP contribution in [-0.4, -0.2) is 45.7 Å². The Morgan fingerprint density at radius 3 is 3.21 bits per heavy atom. The number of carbonyl (C=O) groups is 1. The summed E-state index contributed by atoms with van der Waals surface area (Å²) < 4.78 is 1.59. The van der Waals surface area contributed by atoms with Gasteiger partial charge in [-0.15, -0.1) is 11.3 Å². The molecular weight excluding hydrogens is 344 g/mol. The molecule has 2 aromatic heterocycles. The van der Waals surface area contributed by atoms with E-state index in [2.05, 4.69) is 26.6 Å². The molecule has 0 spiro atoms. The van der Waals surface area contributed by atoms with E-state index < -0.39 is 0 Å². The second-order valence-electron chi connectivity index (χ2n) is 5.91.